The van der Waals surface area contributed by atoms with Crippen molar-refractivity contribution >= 4 is 0 Å². The van der Waals surface area contributed by atoms with E-state index < -0.39 is 0 Å². The summed E-state index contributed by atoms with van der Waals surface area (Å²) < 4.78 is 5.83. The highest BCUT2D eigenvalue weighted by atomic mass is 16.5. The molecule has 0 aliphatic carbocycles. The van der Waals surface area contributed by atoms with Crippen molar-refractivity contribution in [2.75, 3.05) is 13.1 Å². The molecule has 0 bridgehead atoms. The maximum absolute atomic E-state index is 5.83. The smallest absolute Gasteiger partial charge is 0.235 e. The van der Waals surface area contributed by atoms with E-state index in [1.807, 2.05) is 0 Å². The first-order valence-corrected chi connectivity index (χ1v) is 5.76. The molecule has 1 fully saturated rings. The van der Waals surface area contributed by atoms with Gasteiger partial charge >= 0.3 is 0 Å². The molecule has 1 heterocycles. The Hall–Kier alpha value is -0.880. The van der Waals surface area contributed by atoms with Gasteiger partial charge in [0.15, 0.2) is 0 Å². The zero-order valence-corrected chi connectivity index (χ0v) is 10.5. The predicted molar refractivity (Wildman–Crippen MR) is 63.5 cm³/mol. The third kappa shape index (κ3) is 4.01. The molecule has 0 aromatic heterocycles. The van der Waals surface area contributed by atoms with Crippen molar-refractivity contribution < 1.29 is 4.74 Å². The van der Waals surface area contributed by atoms with Gasteiger partial charge in [-0.05, 0) is 39.5 Å². The summed E-state index contributed by atoms with van der Waals surface area (Å²) in [6.45, 7) is 14.3. The second kappa shape index (κ2) is 4.76. The van der Waals surface area contributed by atoms with Crippen molar-refractivity contribution in [2.24, 2.45) is 5.92 Å². The van der Waals surface area contributed by atoms with Crippen molar-refractivity contribution in [3.05, 3.63) is 18.2 Å². The molecule has 2 heteroatoms. The molecule has 2 nitrogen and oxygen atoms in total. The highest BCUT2D eigenvalue weighted by Gasteiger charge is 2.22. The SMILES string of the molecule is C=C=C(OC(C)(C)C)N1CCC(C)CC1. The maximum Gasteiger partial charge on any atom is 0.235 e. The Labute approximate surface area is 93.6 Å². The van der Waals surface area contributed by atoms with Crippen LogP contribution < -0.4 is 0 Å². The van der Waals surface area contributed by atoms with Gasteiger partial charge in [0, 0.05) is 13.1 Å². The minimum absolute atomic E-state index is 0.164. The van der Waals surface area contributed by atoms with Gasteiger partial charge in [0.05, 0.1) is 0 Å². The topological polar surface area (TPSA) is 12.5 Å². The Bertz CT molecular complexity index is 250. The molecule has 1 saturated heterocycles. The van der Waals surface area contributed by atoms with Gasteiger partial charge in [-0.15, -0.1) is 0 Å². The summed E-state index contributed by atoms with van der Waals surface area (Å²) >= 11 is 0. The van der Waals surface area contributed by atoms with Crippen LogP contribution in [-0.4, -0.2) is 23.6 Å². The van der Waals surface area contributed by atoms with Crippen LogP contribution in [0, 0.1) is 5.92 Å². The molecule has 1 aliphatic heterocycles. The van der Waals surface area contributed by atoms with Gasteiger partial charge in [0.2, 0.25) is 5.88 Å². The van der Waals surface area contributed by atoms with Crippen molar-refractivity contribution in [3.63, 3.8) is 0 Å². The summed E-state index contributed by atoms with van der Waals surface area (Å²) in [5.41, 5.74) is 2.75. The van der Waals surface area contributed by atoms with Gasteiger partial charge in [0.25, 0.3) is 0 Å². The van der Waals surface area contributed by atoms with E-state index in [0.29, 0.717) is 0 Å². The van der Waals surface area contributed by atoms with Crippen molar-refractivity contribution in [1.29, 1.82) is 0 Å². The van der Waals surface area contributed by atoms with E-state index in [4.69, 9.17) is 4.74 Å². The van der Waals surface area contributed by atoms with E-state index in [1.165, 1.54) is 12.8 Å². The second-order valence-corrected chi connectivity index (χ2v) is 5.37. The minimum atomic E-state index is -0.164. The molecule has 0 unspecified atom stereocenters. The largest absolute Gasteiger partial charge is 0.468 e. The van der Waals surface area contributed by atoms with Crippen LogP contribution in [0.15, 0.2) is 18.2 Å². The van der Waals surface area contributed by atoms with Crippen LogP contribution in [0.1, 0.15) is 40.5 Å². The predicted octanol–water partition coefficient (Wildman–Crippen LogP) is 3.16. The van der Waals surface area contributed by atoms with Crippen LogP contribution in [0.3, 0.4) is 0 Å². The highest BCUT2D eigenvalue weighted by molar-refractivity contribution is 4.93. The van der Waals surface area contributed by atoms with Crippen LogP contribution in [0.5, 0.6) is 0 Å². The lowest BCUT2D eigenvalue weighted by molar-refractivity contribution is -0.00529. The molecule has 0 N–H and O–H groups in total. The lowest BCUT2D eigenvalue weighted by Crippen LogP contribution is -2.35. The van der Waals surface area contributed by atoms with Gasteiger partial charge in [-0.2, -0.15) is 0 Å². The molecule has 0 saturated carbocycles. The zero-order valence-electron chi connectivity index (χ0n) is 10.5. The van der Waals surface area contributed by atoms with Gasteiger partial charge in [-0.3, -0.25) is 0 Å². The first-order valence-electron chi connectivity index (χ1n) is 5.76. The van der Waals surface area contributed by atoms with Gasteiger partial charge in [0.1, 0.15) is 5.60 Å². The van der Waals surface area contributed by atoms with E-state index >= 15 is 0 Å². The standard InChI is InChI=1S/C13H23NO/c1-6-12(15-13(3,4)5)14-9-7-11(2)8-10-14/h11H,1,7-10H2,2-5H3. The monoisotopic (exact) mass is 209 g/mol. The number of piperidine rings is 1. The minimum Gasteiger partial charge on any atom is -0.468 e. The van der Waals surface area contributed by atoms with E-state index in [-0.39, 0.29) is 5.60 Å². The second-order valence-electron chi connectivity index (χ2n) is 5.37. The Morgan fingerprint density at radius 2 is 1.87 bits per heavy atom. The van der Waals surface area contributed by atoms with Gasteiger partial charge < -0.3 is 9.64 Å². The summed E-state index contributed by atoms with van der Waals surface area (Å²) in [6.07, 6.45) is 2.47. The molecule has 0 aromatic carbocycles. The van der Waals surface area contributed by atoms with Gasteiger partial charge in [-0.1, -0.05) is 19.2 Å². The van der Waals surface area contributed by atoms with Crippen LogP contribution in [0.2, 0.25) is 0 Å². The van der Waals surface area contributed by atoms with Crippen molar-refractivity contribution in [1.82, 2.24) is 4.90 Å². The number of nitrogens with zero attached hydrogens (tertiary/aromatic N) is 1. The fourth-order valence-corrected chi connectivity index (χ4v) is 1.71. The molecule has 0 spiro atoms. The first-order chi connectivity index (χ1) is 6.92. The van der Waals surface area contributed by atoms with Crippen LogP contribution in [-0.2, 0) is 4.74 Å². The maximum atomic E-state index is 5.83. The number of ether oxygens (including phenoxy) is 1. The highest BCUT2D eigenvalue weighted by Crippen LogP contribution is 2.22. The average molecular weight is 209 g/mol. The van der Waals surface area contributed by atoms with Crippen LogP contribution >= 0.6 is 0 Å². The summed E-state index contributed by atoms with van der Waals surface area (Å²) in [6, 6.07) is 0. The third-order valence-corrected chi connectivity index (χ3v) is 2.62. The van der Waals surface area contributed by atoms with E-state index in [2.05, 4.69) is 44.9 Å². The molecule has 0 amide bonds. The number of hydrogen-bond acceptors (Lipinski definition) is 2. The fraction of sp³-hybridized carbons (Fsp3) is 0.769. The van der Waals surface area contributed by atoms with E-state index in [0.717, 1.165) is 24.9 Å². The molecule has 0 radical (unpaired) electrons. The molecule has 1 aliphatic rings. The lowest BCUT2D eigenvalue weighted by atomic mass is 9.99. The van der Waals surface area contributed by atoms with Crippen molar-refractivity contribution in [3.8, 4) is 0 Å². The summed E-state index contributed by atoms with van der Waals surface area (Å²) in [5, 5.41) is 0. The van der Waals surface area contributed by atoms with E-state index in [1.54, 1.807) is 0 Å². The molecule has 0 atom stereocenters. The third-order valence-electron chi connectivity index (χ3n) is 2.62. The number of rotatable bonds is 2. The Kier molecular flexibility index (Phi) is 3.87. The van der Waals surface area contributed by atoms with E-state index in [9.17, 15) is 0 Å². The van der Waals surface area contributed by atoms with Crippen LogP contribution in [0.25, 0.3) is 0 Å². The summed E-state index contributed by atoms with van der Waals surface area (Å²) in [7, 11) is 0. The quantitative estimate of drug-likeness (QED) is 0.511. The molecular weight excluding hydrogens is 186 g/mol. The molecule has 1 rings (SSSR count). The summed E-state index contributed by atoms with van der Waals surface area (Å²) in [4.78, 5) is 2.25. The molecule has 0 aromatic rings. The van der Waals surface area contributed by atoms with Gasteiger partial charge in [-0.25, -0.2) is 0 Å². The number of hydrogen-bond donors (Lipinski definition) is 0. The first kappa shape index (κ1) is 12.2. The van der Waals surface area contributed by atoms with Crippen molar-refractivity contribution in [2.45, 2.75) is 46.1 Å². The lowest BCUT2D eigenvalue weighted by Gasteiger charge is -2.35. The normalized spacial score (nSPS) is 18.5. The average Bonchev–Trinajstić information content (AvgIpc) is 2.14. The Morgan fingerprint density at radius 1 is 1.33 bits per heavy atom. The molecule has 15 heavy (non-hydrogen) atoms. The molecular formula is C13H23NO. The van der Waals surface area contributed by atoms with Crippen LogP contribution in [0.4, 0.5) is 0 Å². The molecule has 86 valence electrons. The fourth-order valence-electron chi connectivity index (χ4n) is 1.71. The Balaban J connectivity index is 2.57. The zero-order chi connectivity index (χ0) is 11.5. The summed E-state index contributed by atoms with van der Waals surface area (Å²) in [5.74, 6) is 1.65. The Morgan fingerprint density at radius 3 is 2.27 bits per heavy atom. The number of likely N-dealkylation sites (tertiary alicyclic amines) is 1.